The van der Waals surface area contributed by atoms with Gasteiger partial charge in [-0.15, -0.1) is 0 Å². The molecule has 0 aromatic heterocycles. The standard InChI is InChI=1S/C11H19F2NO4S/c1-7(2)3-9(10(15)16)14-19(17,18)6-8-4-11(12,13)5-8/h7-9,14H,3-6H2,1-2H3,(H,15,16)/t9-/m0/s1. The van der Waals surface area contributed by atoms with Crippen LogP contribution in [0.4, 0.5) is 8.78 Å². The van der Waals surface area contributed by atoms with E-state index in [0.29, 0.717) is 0 Å². The first-order valence-corrected chi connectivity index (χ1v) is 7.76. The van der Waals surface area contributed by atoms with E-state index in [0.717, 1.165) is 0 Å². The molecule has 0 heterocycles. The lowest BCUT2D eigenvalue weighted by molar-refractivity contribution is -0.139. The van der Waals surface area contributed by atoms with Gasteiger partial charge in [0.25, 0.3) is 0 Å². The molecule has 19 heavy (non-hydrogen) atoms. The minimum atomic E-state index is -3.85. The summed E-state index contributed by atoms with van der Waals surface area (Å²) >= 11 is 0. The Morgan fingerprint density at radius 3 is 2.32 bits per heavy atom. The Balaban J connectivity index is 2.55. The largest absolute Gasteiger partial charge is 0.480 e. The molecule has 1 aliphatic carbocycles. The minimum Gasteiger partial charge on any atom is -0.480 e. The van der Waals surface area contributed by atoms with Crippen LogP contribution in [0.2, 0.25) is 0 Å². The summed E-state index contributed by atoms with van der Waals surface area (Å²) in [6, 6.07) is -1.20. The lowest BCUT2D eigenvalue weighted by atomic mass is 9.83. The molecule has 8 heteroatoms. The van der Waals surface area contributed by atoms with E-state index in [-0.39, 0.29) is 12.3 Å². The highest BCUT2D eigenvalue weighted by molar-refractivity contribution is 7.89. The maximum Gasteiger partial charge on any atom is 0.321 e. The molecule has 0 spiro atoms. The number of carbonyl (C=O) groups is 1. The van der Waals surface area contributed by atoms with Gasteiger partial charge in [0.15, 0.2) is 0 Å². The average Bonchev–Trinajstić information content (AvgIpc) is 2.11. The molecule has 2 N–H and O–H groups in total. The maximum atomic E-state index is 12.6. The van der Waals surface area contributed by atoms with Crippen LogP contribution in [-0.4, -0.2) is 37.2 Å². The van der Waals surface area contributed by atoms with E-state index in [9.17, 15) is 22.0 Å². The third-order valence-corrected chi connectivity index (χ3v) is 4.51. The Morgan fingerprint density at radius 1 is 1.42 bits per heavy atom. The van der Waals surface area contributed by atoms with E-state index in [1.807, 2.05) is 0 Å². The average molecular weight is 299 g/mol. The molecule has 1 aliphatic rings. The van der Waals surface area contributed by atoms with Crippen molar-refractivity contribution in [2.24, 2.45) is 11.8 Å². The predicted molar refractivity (Wildman–Crippen MR) is 65.5 cm³/mol. The van der Waals surface area contributed by atoms with Gasteiger partial charge in [-0.1, -0.05) is 13.8 Å². The molecular weight excluding hydrogens is 280 g/mol. The zero-order valence-electron chi connectivity index (χ0n) is 10.9. The van der Waals surface area contributed by atoms with Crippen molar-refractivity contribution in [1.29, 1.82) is 0 Å². The van der Waals surface area contributed by atoms with Gasteiger partial charge in [-0.2, -0.15) is 0 Å². The van der Waals surface area contributed by atoms with E-state index >= 15 is 0 Å². The normalized spacial score (nSPS) is 21.1. The van der Waals surface area contributed by atoms with E-state index in [2.05, 4.69) is 4.72 Å². The van der Waals surface area contributed by atoms with Crippen LogP contribution in [0.3, 0.4) is 0 Å². The number of alkyl halides is 2. The molecule has 5 nitrogen and oxygen atoms in total. The Morgan fingerprint density at radius 2 is 1.95 bits per heavy atom. The van der Waals surface area contributed by atoms with E-state index < -0.39 is 52.5 Å². The number of carboxylic acid groups (broad SMARTS) is 1. The summed E-state index contributed by atoms with van der Waals surface area (Å²) in [4.78, 5) is 10.9. The highest BCUT2D eigenvalue weighted by atomic mass is 32.2. The molecule has 0 radical (unpaired) electrons. The second-order valence-corrected chi connectivity index (χ2v) is 7.35. The van der Waals surface area contributed by atoms with Gasteiger partial charge < -0.3 is 5.11 Å². The molecule has 0 amide bonds. The van der Waals surface area contributed by atoms with Crippen LogP contribution in [-0.2, 0) is 14.8 Å². The summed E-state index contributed by atoms with van der Waals surface area (Å²) in [7, 11) is -3.85. The van der Waals surface area contributed by atoms with Gasteiger partial charge >= 0.3 is 5.97 Å². The van der Waals surface area contributed by atoms with Gasteiger partial charge in [0.1, 0.15) is 6.04 Å². The van der Waals surface area contributed by atoms with Crippen molar-refractivity contribution in [3.8, 4) is 0 Å². The monoisotopic (exact) mass is 299 g/mol. The lowest BCUT2D eigenvalue weighted by Gasteiger charge is -2.34. The summed E-state index contributed by atoms with van der Waals surface area (Å²) in [5, 5.41) is 8.93. The summed E-state index contributed by atoms with van der Waals surface area (Å²) in [5.74, 6) is -5.05. The number of hydrogen-bond acceptors (Lipinski definition) is 3. The second kappa shape index (κ2) is 5.70. The fourth-order valence-corrected chi connectivity index (χ4v) is 3.73. The molecule has 0 unspecified atom stereocenters. The number of halogens is 2. The first-order valence-electron chi connectivity index (χ1n) is 6.11. The molecule has 0 bridgehead atoms. The number of aliphatic carboxylic acids is 1. The summed E-state index contributed by atoms with van der Waals surface area (Å²) < 4.78 is 50.8. The highest BCUT2D eigenvalue weighted by Crippen LogP contribution is 2.42. The molecule has 1 rings (SSSR count). The molecule has 112 valence electrons. The Labute approximate surface area is 111 Å². The molecule has 0 aliphatic heterocycles. The van der Waals surface area contributed by atoms with Crippen molar-refractivity contribution in [3.63, 3.8) is 0 Å². The fraction of sp³-hybridized carbons (Fsp3) is 0.909. The Kier molecular flexibility index (Phi) is 4.89. The molecule has 1 atom stereocenters. The van der Waals surface area contributed by atoms with Crippen LogP contribution in [0, 0.1) is 11.8 Å². The number of sulfonamides is 1. The number of nitrogens with one attached hydrogen (secondary N) is 1. The van der Waals surface area contributed by atoms with E-state index in [4.69, 9.17) is 5.11 Å². The lowest BCUT2D eigenvalue weighted by Crippen LogP contribution is -2.46. The van der Waals surface area contributed by atoms with Gasteiger partial charge in [-0.25, -0.2) is 21.9 Å². The van der Waals surface area contributed by atoms with Crippen LogP contribution in [0.1, 0.15) is 33.1 Å². The molecular formula is C11H19F2NO4S. The van der Waals surface area contributed by atoms with Crippen LogP contribution >= 0.6 is 0 Å². The van der Waals surface area contributed by atoms with Gasteiger partial charge in [0.2, 0.25) is 15.9 Å². The fourth-order valence-electron chi connectivity index (χ4n) is 2.15. The highest BCUT2D eigenvalue weighted by Gasteiger charge is 2.47. The second-order valence-electron chi connectivity index (χ2n) is 5.55. The summed E-state index contributed by atoms with van der Waals surface area (Å²) in [6.07, 6.45) is -0.735. The van der Waals surface area contributed by atoms with Crippen LogP contribution in [0.25, 0.3) is 0 Å². The molecule has 1 saturated carbocycles. The topological polar surface area (TPSA) is 83.5 Å². The van der Waals surface area contributed by atoms with Gasteiger partial charge in [0.05, 0.1) is 5.75 Å². The van der Waals surface area contributed by atoms with Crippen LogP contribution < -0.4 is 4.72 Å². The van der Waals surface area contributed by atoms with Crippen molar-refractivity contribution in [3.05, 3.63) is 0 Å². The third-order valence-electron chi connectivity index (χ3n) is 2.96. The van der Waals surface area contributed by atoms with E-state index in [1.165, 1.54) is 0 Å². The van der Waals surface area contributed by atoms with Crippen LogP contribution in [0.15, 0.2) is 0 Å². The van der Waals surface area contributed by atoms with Crippen molar-refractivity contribution in [2.45, 2.75) is 45.1 Å². The van der Waals surface area contributed by atoms with Gasteiger partial charge in [0, 0.05) is 12.8 Å². The van der Waals surface area contributed by atoms with Crippen molar-refractivity contribution in [2.75, 3.05) is 5.75 Å². The van der Waals surface area contributed by atoms with Crippen molar-refractivity contribution >= 4 is 16.0 Å². The molecule has 0 saturated heterocycles. The minimum absolute atomic E-state index is 0.0110. The quantitative estimate of drug-likeness (QED) is 0.745. The van der Waals surface area contributed by atoms with Gasteiger partial charge in [-0.3, -0.25) is 4.79 Å². The van der Waals surface area contributed by atoms with Gasteiger partial charge in [-0.05, 0) is 18.3 Å². The predicted octanol–water partition coefficient (Wildman–Crippen LogP) is 1.45. The maximum absolute atomic E-state index is 12.6. The number of hydrogen-bond donors (Lipinski definition) is 2. The first kappa shape index (κ1) is 16.3. The number of rotatable bonds is 7. The smallest absolute Gasteiger partial charge is 0.321 e. The molecule has 0 aromatic carbocycles. The SMILES string of the molecule is CC(C)C[C@H](NS(=O)(=O)CC1CC(F)(F)C1)C(=O)O. The van der Waals surface area contributed by atoms with E-state index in [1.54, 1.807) is 13.8 Å². The first-order chi connectivity index (χ1) is 8.51. The molecule has 1 fully saturated rings. The zero-order valence-corrected chi connectivity index (χ0v) is 11.7. The summed E-state index contributed by atoms with van der Waals surface area (Å²) in [5.41, 5.74) is 0. The molecule has 0 aromatic rings. The zero-order chi connectivity index (χ0) is 14.8. The van der Waals surface area contributed by atoms with Crippen LogP contribution in [0.5, 0.6) is 0 Å². The van der Waals surface area contributed by atoms with Crippen molar-refractivity contribution in [1.82, 2.24) is 4.72 Å². The third kappa shape index (κ3) is 5.40. The summed E-state index contributed by atoms with van der Waals surface area (Å²) in [6.45, 7) is 3.55. The Bertz CT molecular complexity index is 428. The Hall–Kier alpha value is -0.760. The number of carboxylic acids is 1. The van der Waals surface area contributed by atoms with Crippen molar-refractivity contribution < 1.29 is 27.1 Å².